The number of methoxy groups -OCH3 is 1. The van der Waals surface area contributed by atoms with Crippen LogP contribution in [0.4, 0.5) is 4.79 Å². The number of carbonyl (C=O) groups is 2. The first-order valence-electron chi connectivity index (χ1n) is 8.20. The summed E-state index contributed by atoms with van der Waals surface area (Å²) >= 11 is 1.66. The van der Waals surface area contributed by atoms with E-state index in [0.29, 0.717) is 12.2 Å². The zero-order valence-corrected chi connectivity index (χ0v) is 16.6. The molecule has 3 atom stereocenters. The topological polar surface area (TPSA) is 83.1 Å². The third-order valence-electron chi connectivity index (χ3n) is 3.84. The molecule has 0 saturated carbocycles. The number of rotatable bonds is 3. The standard InChI is InChI=1S/C17H27NO6S/c1-9(13-12-10(25-13)8-22-17(5,6)23-12)11(14(19)21-7)18-15(20)24-16(2,3)4/h10,12-13H,8H2,1-7H3,(H,18,20)/b11-9-/t10?,12-,13?/m1/s1. The van der Waals surface area contributed by atoms with Crippen molar-refractivity contribution in [2.45, 2.75) is 69.5 Å². The van der Waals surface area contributed by atoms with Crippen LogP contribution in [-0.2, 0) is 23.7 Å². The Morgan fingerprint density at radius 1 is 1.28 bits per heavy atom. The molecule has 0 aromatic carbocycles. The van der Waals surface area contributed by atoms with E-state index in [2.05, 4.69) is 5.32 Å². The van der Waals surface area contributed by atoms with Crippen molar-refractivity contribution < 1.29 is 28.5 Å². The molecule has 2 rings (SSSR count). The molecule has 142 valence electrons. The number of esters is 1. The summed E-state index contributed by atoms with van der Waals surface area (Å²) in [4.78, 5) is 24.2. The van der Waals surface area contributed by atoms with Gasteiger partial charge in [0.1, 0.15) is 11.3 Å². The Hall–Kier alpha value is -1.25. The summed E-state index contributed by atoms with van der Waals surface area (Å²) in [5.41, 5.74) is 0.130. The first-order chi connectivity index (χ1) is 11.4. The van der Waals surface area contributed by atoms with Gasteiger partial charge in [0.05, 0.1) is 30.3 Å². The number of nitrogens with one attached hydrogen (secondary N) is 1. The first kappa shape index (κ1) is 20.1. The Kier molecular flexibility index (Phi) is 5.75. The second-order valence-corrected chi connectivity index (χ2v) is 8.95. The number of hydrogen-bond acceptors (Lipinski definition) is 7. The van der Waals surface area contributed by atoms with Gasteiger partial charge in [0.25, 0.3) is 0 Å². The van der Waals surface area contributed by atoms with Crippen LogP contribution in [0.5, 0.6) is 0 Å². The number of alkyl carbamates (subject to hydrolysis) is 1. The van der Waals surface area contributed by atoms with Crippen LogP contribution in [-0.4, -0.2) is 53.8 Å². The van der Waals surface area contributed by atoms with Gasteiger partial charge in [0, 0.05) is 0 Å². The summed E-state index contributed by atoms with van der Waals surface area (Å²) in [6.07, 6.45) is -0.768. The maximum Gasteiger partial charge on any atom is 0.412 e. The highest BCUT2D eigenvalue weighted by Gasteiger charge is 2.51. The summed E-state index contributed by atoms with van der Waals surface area (Å²) < 4.78 is 21.7. The van der Waals surface area contributed by atoms with E-state index in [4.69, 9.17) is 18.9 Å². The zero-order chi connectivity index (χ0) is 19.0. The number of ether oxygens (including phenoxy) is 4. The van der Waals surface area contributed by atoms with E-state index in [1.165, 1.54) is 7.11 Å². The van der Waals surface area contributed by atoms with Crippen molar-refractivity contribution in [2.75, 3.05) is 13.7 Å². The van der Waals surface area contributed by atoms with Crippen LogP contribution in [0.25, 0.3) is 0 Å². The van der Waals surface area contributed by atoms with E-state index >= 15 is 0 Å². The molecule has 1 N–H and O–H groups in total. The highest BCUT2D eigenvalue weighted by Crippen LogP contribution is 2.48. The van der Waals surface area contributed by atoms with Gasteiger partial charge < -0.3 is 18.9 Å². The summed E-state index contributed by atoms with van der Waals surface area (Å²) in [6, 6.07) is 0. The van der Waals surface area contributed by atoms with Crippen LogP contribution >= 0.6 is 11.8 Å². The third-order valence-corrected chi connectivity index (χ3v) is 5.51. The molecular weight excluding hydrogens is 346 g/mol. The fourth-order valence-corrected chi connectivity index (χ4v) is 4.01. The zero-order valence-electron chi connectivity index (χ0n) is 15.8. The van der Waals surface area contributed by atoms with Crippen molar-refractivity contribution in [3.63, 3.8) is 0 Å². The molecule has 2 unspecified atom stereocenters. The van der Waals surface area contributed by atoms with Gasteiger partial charge in [-0.1, -0.05) is 0 Å². The van der Waals surface area contributed by atoms with Gasteiger partial charge in [-0.2, -0.15) is 0 Å². The van der Waals surface area contributed by atoms with Crippen molar-refractivity contribution in [3.05, 3.63) is 11.3 Å². The average Bonchev–Trinajstić information content (AvgIpc) is 2.45. The molecule has 0 spiro atoms. The van der Waals surface area contributed by atoms with E-state index in [1.54, 1.807) is 39.5 Å². The lowest BCUT2D eigenvalue weighted by atomic mass is 10.0. The second kappa shape index (κ2) is 7.17. The molecule has 2 saturated heterocycles. The Bertz CT molecular complexity index is 580. The van der Waals surface area contributed by atoms with Crippen LogP contribution in [0, 0.1) is 0 Å². The van der Waals surface area contributed by atoms with E-state index in [-0.39, 0.29) is 22.3 Å². The Labute approximate surface area is 152 Å². The largest absolute Gasteiger partial charge is 0.464 e. The van der Waals surface area contributed by atoms with Gasteiger partial charge in [-0.25, -0.2) is 9.59 Å². The van der Waals surface area contributed by atoms with Crippen molar-refractivity contribution in [3.8, 4) is 0 Å². The molecule has 1 amide bonds. The molecule has 8 heteroatoms. The van der Waals surface area contributed by atoms with Gasteiger partial charge in [-0.05, 0) is 47.1 Å². The molecule has 2 aliphatic heterocycles. The minimum Gasteiger partial charge on any atom is -0.464 e. The van der Waals surface area contributed by atoms with Crippen molar-refractivity contribution in [1.82, 2.24) is 5.32 Å². The van der Waals surface area contributed by atoms with Crippen molar-refractivity contribution in [1.29, 1.82) is 0 Å². The molecule has 0 radical (unpaired) electrons. The van der Waals surface area contributed by atoms with Gasteiger partial charge >= 0.3 is 12.1 Å². The summed E-state index contributed by atoms with van der Waals surface area (Å²) in [5, 5.41) is 2.69. The molecule has 0 aromatic rings. The predicted octanol–water partition coefficient (Wildman–Crippen LogP) is 2.59. The van der Waals surface area contributed by atoms with E-state index in [9.17, 15) is 9.59 Å². The number of hydrogen-bond donors (Lipinski definition) is 1. The molecular formula is C17H27NO6S. The number of amides is 1. The lowest BCUT2D eigenvalue weighted by Crippen LogP contribution is -2.59. The summed E-state index contributed by atoms with van der Waals surface area (Å²) in [5.74, 6) is -1.27. The fourth-order valence-electron chi connectivity index (χ4n) is 2.67. The molecule has 25 heavy (non-hydrogen) atoms. The monoisotopic (exact) mass is 373 g/mol. The summed E-state index contributed by atoms with van der Waals surface area (Å²) in [7, 11) is 1.27. The molecule has 2 fully saturated rings. The van der Waals surface area contributed by atoms with E-state index in [0.717, 1.165) is 0 Å². The maximum absolute atomic E-state index is 12.2. The van der Waals surface area contributed by atoms with Crippen molar-refractivity contribution in [2.24, 2.45) is 0 Å². The SMILES string of the molecule is COC(=O)/C(NC(=O)OC(C)(C)C)=C(\C)C1SC2COC(C)(C)O[C@H]21. The van der Waals surface area contributed by atoms with E-state index < -0.39 is 23.5 Å². The smallest absolute Gasteiger partial charge is 0.412 e. The number of fused-ring (bicyclic) bond motifs is 1. The Balaban J connectivity index is 2.18. The number of carbonyl (C=O) groups excluding carboxylic acids is 2. The minimum absolute atomic E-state index is 0.0581. The Morgan fingerprint density at radius 2 is 1.92 bits per heavy atom. The lowest BCUT2D eigenvalue weighted by molar-refractivity contribution is -0.273. The highest BCUT2D eigenvalue weighted by molar-refractivity contribution is 8.02. The number of thioether (sulfide) groups is 1. The molecule has 2 aliphatic rings. The van der Waals surface area contributed by atoms with Gasteiger partial charge in [0.2, 0.25) is 0 Å². The minimum atomic E-state index is -0.693. The first-order valence-corrected chi connectivity index (χ1v) is 9.14. The van der Waals surface area contributed by atoms with Crippen molar-refractivity contribution >= 4 is 23.8 Å². The second-order valence-electron chi connectivity index (χ2n) is 7.56. The van der Waals surface area contributed by atoms with E-state index in [1.807, 2.05) is 13.8 Å². The normalized spacial score (nSPS) is 28.8. The van der Waals surface area contributed by atoms with Crippen LogP contribution in [0.15, 0.2) is 11.3 Å². The average molecular weight is 373 g/mol. The van der Waals surface area contributed by atoms with Crippen LogP contribution < -0.4 is 5.32 Å². The van der Waals surface area contributed by atoms with Crippen LogP contribution in [0.1, 0.15) is 41.5 Å². The van der Waals surface area contributed by atoms with Gasteiger partial charge in [0.15, 0.2) is 5.79 Å². The third kappa shape index (κ3) is 4.89. The molecule has 0 aliphatic carbocycles. The molecule has 2 heterocycles. The maximum atomic E-state index is 12.2. The Morgan fingerprint density at radius 3 is 2.48 bits per heavy atom. The van der Waals surface area contributed by atoms with Gasteiger partial charge in [-0.3, -0.25) is 5.32 Å². The quantitative estimate of drug-likeness (QED) is 0.601. The highest BCUT2D eigenvalue weighted by atomic mass is 32.2. The molecule has 7 nitrogen and oxygen atoms in total. The molecule has 0 aromatic heterocycles. The van der Waals surface area contributed by atoms with Gasteiger partial charge in [-0.15, -0.1) is 11.8 Å². The fraction of sp³-hybridized carbons (Fsp3) is 0.765. The molecule has 0 bridgehead atoms. The predicted molar refractivity (Wildman–Crippen MR) is 94.2 cm³/mol. The lowest BCUT2D eigenvalue weighted by Gasteiger charge is -2.51. The van der Waals surface area contributed by atoms with Crippen LogP contribution in [0.2, 0.25) is 0 Å². The summed E-state index contributed by atoms with van der Waals surface area (Å²) in [6.45, 7) is 11.4. The van der Waals surface area contributed by atoms with Crippen LogP contribution in [0.3, 0.4) is 0 Å².